The molecule has 4 aromatic carbocycles. The molecule has 4 aromatic rings. The molecule has 0 fully saturated rings. The van der Waals surface area contributed by atoms with Crippen molar-refractivity contribution in [3.63, 3.8) is 0 Å². The summed E-state index contributed by atoms with van der Waals surface area (Å²) in [6.45, 7) is 26.4. The van der Waals surface area contributed by atoms with Crippen molar-refractivity contribution in [2.24, 2.45) is 0 Å². The summed E-state index contributed by atoms with van der Waals surface area (Å²) in [5, 5.41) is 0. The number of para-hydroxylation sites is 4. The third-order valence-corrected chi connectivity index (χ3v) is 12.7. The zero-order valence-corrected chi connectivity index (χ0v) is 42.2. The molecule has 0 aliphatic carbocycles. The van der Waals surface area contributed by atoms with Crippen LogP contribution in [0.5, 0.6) is 23.0 Å². The first-order chi connectivity index (χ1) is 32.1. The maximum atomic E-state index is 13.6. The highest BCUT2D eigenvalue weighted by molar-refractivity contribution is 7.42. The number of ether oxygens (including phenoxy) is 4. The first-order valence-corrected chi connectivity index (χ1v) is 26.2. The van der Waals surface area contributed by atoms with Gasteiger partial charge in [-0.1, -0.05) is 128 Å². The Morgan fingerprint density at radius 3 is 0.940 bits per heavy atom. The predicted molar refractivity (Wildman–Crippen MR) is 261 cm³/mol. The van der Waals surface area contributed by atoms with Gasteiger partial charge in [0.1, 0.15) is 47.9 Å². The molecule has 2 aliphatic heterocycles. The number of rotatable bonds is 22. The fourth-order valence-corrected chi connectivity index (χ4v) is 10.2. The van der Waals surface area contributed by atoms with E-state index in [0.717, 1.165) is 158 Å². The minimum Gasteiger partial charge on any atom is -0.790 e. The van der Waals surface area contributed by atoms with Gasteiger partial charge in [-0.2, -0.15) is 0 Å². The van der Waals surface area contributed by atoms with Crippen molar-refractivity contribution in [2.45, 2.75) is 131 Å². The van der Waals surface area contributed by atoms with Crippen LogP contribution in [0.15, 0.2) is 97.1 Å². The molecule has 13 heteroatoms. The molecule has 0 aromatic heterocycles. The number of benzene rings is 4. The van der Waals surface area contributed by atoms with Gasteiger partial charge in [0.25, 0.3) is 0 Å². The molecule has 0 spiro atoms. The van der Waals surface area contributed by atoms with Crippen LogP contribution in [0.25, 0.3) is 0 Å². The van der Waals surface area contributed by atoms with Crippen LogP contribution in [0.1, 0.15) is 141 Å². The highest BCUT2D eigenvalue weighted by Gasteiger charge is 2.39. The van der Waals surface area contributed by atoms with Gasteiger partial charge in [0.05, 0.1) is 47.1 Å². The maximum Gasteiger partial charge on any atom is 0.318 e. The molecular formula is C54H77N2O10P. The Morgan fingerprint density at radius 1 is 0.507 bits per heavy atom. The number of fused-ring (bicyclic) bond motifs is 4. The van der Waals surface area contributed by atoms with E-state index in [-0.39, 0.29) is 24.1 Å². The second-order valence-electron chi connectivity index (χ2n) is 18.0. The standard InChI is InChI=1S/2C27H38NO3.H3O4P/c2*1-5-17-28(18-6-2,19-7-3)20-21(8-4)30-27(29)26-22-13-9-11-15-24(22)31-25-16-12-10-14-23(25)26;1-5(2,3)4/h2*9-16,21,26H,5-8,17-20H2,1-4H3;(H3,1,2,3,4)/q2*+1;/p-2. The van der Waals surface area contributed by atoms with Crippen LogP contribution in [0.2, 0.25) is 0 Å². The molecule has 2 unspecified atom stereocenters. The first kappa shape index (κ1) is 55.0. The predicted octanol–water partition coefficient (Wildman–Crippen LogP) is 10.4. The van der Waals surface area contributed by atoms with E-state index < -0.39 is 19.7 Å². The van der Waals surface area contributed by atoms with Crippen LogP contribution in [-0.4, -0.2) is 90.4 Å². The van der Waals surface area contributed by atoms with E-state index in [4.69, 9.17) is 38.2 Å². The number of esters is 2. The summed E-state index contributed by atoms with van der Waals surface area (Å²) in [6.07, 6.45) is 8.35. The Balaban J connectivity index is 0.000000266. The van der Waals surface area contributed by atoms with E-state index in [9.17, 15) is 9.59 Å². The molecule has 368 valence electrons. The third-order valence-electron chi connectivity index (χ3n) is 12.7. The zero-order chi connectivity index (χ0) is 49.0. The van der Waals surface area contributed by atoms with Crippen LogP contribution < -0.4 is 19.3 Å². The molecular weight excluding hydrogens is 868 g/mol. The summed E-state index contributed by atoms with van der Waals surface area (Å²) in [7, 11) is -5.14. The Kier molecular flexibility index (Phi) is 22.1. The number of carbonyl (C=O) groups is 2. The molecule has 6 rings (SSSR count). The van der Waals surface area contributed by atoms with Gasteiger partial charge in [-0.25, -0.2) is 0 Å². The summed E-state index contributed by atoms with van der Waals surface area (Å²) < 4.78 is 35.3. The Bertz CT molecular complexity index is 1920. The molecule has 12 nitrogen and oxygen atoms in total. The zero-order valence-electron chi connectivity index (χ0n) is 41.3. The fourth-order valence-electron chi connectivity index (χ4n) is 10.2. The normalized spacial score (nSPS) is 14.1. The van der Waals surface area contributed by atoms with Gasteiger partial charge in [0.2, 0.25) is 0 Å². The van der Waals surface area contributed by atoms with Crippen LogP contribution in [0.3, 0.4) is 0 Å². The molecule has 1 N–H and O–H groups in total. The van der Waals surface area contributed by atoms with Gasteiger partial charge >= 0.3 is 11.9 Å². The van der Waals surface area contributed by atoms with Crippen LogP contribution in [0.4, 0.5) is 0 Å². The van der Waals surface area contributed by atoms with E-state index in [0.29, 0.717) is 0 Å². The van der Waals surface area contributed by atoms with E-state index >= 15 is 0 Å². The smallest absolute Gasteiger partial charge is 0.318 e. The van der Waals surface area contributed by atoms with Gasteiger partial charge in [0, 0.05) is 22.3 Å². The van der Waals surface area contributed by atoms with Crippen molar-refractivity contribution in [1.29, 1.82) is 0 Å². The quantitative estimate of drug-likeness (QED) is 0.0457. The fraction of sp³-hybridized carbons (Fsp3) is 0.519. The van der Waals surface area contributed by atoms with Gasteiger partial charge in [0.15, 0.2) is 12.2 Å². The molecule has 2 heterocycles. The van der Waals surface area contributed by atoms with E-state index in [1.165, 1.54) is 0 Å². The molecule has 2 aliphatic rings. The molecule has 0 bridgehead atoms. The van der Waals surface area contributed by atoms with Crippen molar-refractivity contribution in [1.82, 2.24) is 0 Å². The van der Waals surface area contributed by atoms with E-state index in [1.54, 1.807) is 0 Å². The van der Waals surface area contributed by atoms with Crippen molar-refractivity contribution >= 4 is 19.8 Å². The Labute approximate surface area is 400 Å². The molecule has 0 saturated carbocycles. The average molecular weight is 945 g/mol. The number of phosphoric acid groups is 1. The van der Waals surface area contributed by atoms with Crippen molar-refractivity contribution < 1.29 is 56.7 Å². The van der Waals surface area contributed by atoms with E-state index in [1.807, 2.05) is 97.1 Å². The average Bonchev–Trinajstić information content (AvgIpc) is 3.29. The number of carbonyl (C=O) groups excluding carboxylic acids is 2. The highest BCUT2D eigenvalue weighted by atomic mass is 31.2. The summed E-state index contributed by atoms with van der Waals surface area (Å²) in [4.78, 5) is 51.4. The summed E-state index contributed by atoms with van der Waals surface area (Å²) in [5.41, 5.74) is 3.55. The number of hydrogen-bond acceptors (Lipinski definition) is 9. The minimum atomic E-state index is -5.14. The largest absolute Gasteiger partial charge is 0.790 e. The molecule has 67 heavy (non-hydrogen) atoms. The third kappa shape index (κ3) is 15.7. The van der Waals surface area contributed by atoms with Crippen molar-refractivity contribution in [3.05, 3.63) is 119 Å². The lowest BCUT2D eigenvalue weighted by atomic mass is 9.88. The lowest BCUT2D eigenvalue weighted by Crippen LogP contribution is -2.54. The minimum absolute atomic E-state index is 0.0840. The number of quaternary nitrogens is 2. The van der Waals surface area contributed by atoms with Crippen molar-refractivity contribution in [2.75, 3.05) is 52.4 Å². The monoisotopic (exact) mass is 945 g/mol. The lowest BCUT2D eigenvalue weighted by Gasteiger charge is -2.41. The summed E-state index contributed by atoms with van der Waals surface area (Å²) in [6, 6.07) is 31.2. The lowest BCUT2D eigenvalue weighted by molar-refractivity contribution is -0.931. The van der Waals surface area contributed by atoms with E-state index in [2.05, 4.69) is 55.4 Å². The second kappa shape index (κ2) is 26.9. The van der Waals surface area contributed by atoms with Crippen molar-refractivity contribution in [3.8, 4) is 23.0 Å². The SMILES string of the molecule is CCC[N+](CCC)(CCC)CC(CC)OC(=O)C1c2ccccc2Oc2ccccc21.CCC[N+](CCC)(CCC)CC(CC)OC(=O)C1c2ccccc2Oc2ccccc21.O=P([O-])([O-])O. The number of nitrogens with zero attached hydrogens (tertiary/aromatic N) is 2. The Morgan fingerprint density at radius 2 is 0.731 bits per heavy atom. The summed E-state index contributed by atoms with van der Waals surface area (Å²) >= 11 is 0. The number of hydrogen-bond donors (Lipinski definition) is 1. The van der Waals surface area contributed by atoms with Gasteiger partial charge < -0.3 is 47.2 Å². The molecule has 0 amide bonds. The maximum absolute atomic E-state index is 13.6. The second-order valence-corrected chi connectivity index (χ2v) is 19.0. The van der Waals surface area contributed by atoms with Gasteiger partial charge in [-0.3, -0.25) is 9.59 Å². The molecule has 0 saturated heterocycles. The topological polar surface area (TPSA) is 154 Å². The molecule has 2 atom stereocenters. The highest BCUT2D eigenvalue weighted by Crippen LogP contribution is 2.46. The van der Waals surface area contributed by atoms with Crippen LogP contribution in [-0.2, 0) is 23.6 Å². The van der Waals surface area contributed by atoms with Gasteiger partial charge in [-0.15, -0.1) is 0 Å². The van der Waals surface area contributed by atoms with Crippen LogP contribution in [0, 0.1) is 0 Å². The summed E-state index contributed by atoms with van der Waals surface area (Å²) in [5.74, 6) is 1.73. The molecule has 0 radical (unpaired) electrons. The first-order valence-electron chi connectivity index (χ1n) is 24.7. The van der Waals surface area contributed by atoms with Gasteiger partial charge in [-0.05, 0) is 75.6 Å². The van der Waals surface area contributed by atoms with Crippen LogP contribution >= 0.6 is 7.82 Å². The Hall–Kier alpha value is -4.55.